The molecule has 8 heteroatoms. The van der Waals surface area contributed by atoms with Crippen LogP contribution in [0.2, 0.25) is 5.02 Å². The van der Waals surface area contributed by atoms with E-state index in [2.05, 4.69) is 20.8 Å². The molecule has 1 N–H and O–H groups in total. The molecule has 3 rings (SSSR count). The van der Waals surface area contributed by atoms with Gasteiger partial charge in [0.1, 0.15) is 0 Å². The average molecular weight is 388 g/mol. The van der Waals surface area contributed by atoms with Crippen LogP contribution in [0.3, 0.4) is 0 Å². The largest absolute Gasteiger partial charge is 0.325 e. The summed E-state index contributed by atoms with van der Waals surface area (Å²) in [5.74, 6) is 0.0435. The fourth-order valence-electron chi connectivity index (χ4n) is 2.37. The molecular weight excluding hydrogens is 370 g/mol. The topological polar surface area (TPSA) is 72.7 Å². The molecular formula is C18H18ClN5OS. The molecule has 0 bridgehead atoms. The highest BCUT2D eigenvalue weighted by Gasteiger charge is 2.13. The lowest BCUT2D eigenvalue weighted by Gasteiger charge is -2.09. The number of thioether (sulfide) groups is 1. The second-order valence-corrected chi connectivity index (χ2v) is 7.31. The first-order chi connectivity index (χ1) is 12.4. The van der Waals surface area contributed by atoms with E-state index in [0.29, 0.717) is 15.9 Å². The minimum atomic E-state index is -0.148. The van der Waals surface area contributed by atoms with Crippen molar-refractivity contribution in [2.75, 3.05) is 11.1 Å². The number of halogens is 1. The van der Waals surface area contributed by atoms with Crippen LogP contribution in [0.15, 0.2) is 41.6 Å². The molecule has 2 aromatic carbocycles. The van der Waals surface area contributed by atoms with Gasteiger partial charge in [-0.15, -0.1) is 5.10 Å². The summed E-state index contributed by atoms with van der Waals surface area (Å²) >= 11 is 7.37. The first-order valence-corrected chi connectivity index (χ1v) is 9.35. The number of anilines is 1. The van der Waals surface area contributed by atoms with Crippen LogP contribution < -0.4 is 5.32 Å². The Morgan fingerprint density at radius 2 is 1.92 bits per heavy atom. The summed E-state index contributed by atoms with van der Waals surface area (Å²) in [7, 11) is 0. The van der Waals surface area contributed by atoms with Gasteiger partial charge in [-0.1, -0.05) is 41.6 Å². The molecule has 0 atom stereocenters. The summed E-state index contributed by atoms with van der Waals surface area (Å²) < 4.78 is 1.66. The second kappa shape index (κ2) is 7.88. The van der Waals surface area contributed by atoms with Gasteiger partial charge in [-0.25, -0.2) is 0 Å². The normalized spacial score (nSPS) is 10.8. The molecule has 26 heavy (non-hydrogen) atoms. The Hall–Kier alpha value is -2.38. The number of hydrogen-bond donors (Lipinski definition) is 1. The molecule has 0 unspecified atom stereocenters. The van der Waals surface area contributed by atoms with Crippen molar-refractivity contribution in [1.82, 2.24) is 20.2 Å². The van der Waals surface area contributed by atoms with Crippen LogP contribution in [-0.4, -0.2) is 31.9 Å². The fourth-order valence-corrected chi connectivity index (χ4v) is 3.23. The number of tetrazole rings is 1. The zero-order valence-corrected chi connectivity index (χ0v) is 16.2. The predicted octanol–water partition coefficient (Wildman–Crippen LogP) is 3.97. The van der Waals surface area contributed by atoms with Gasteiger partial charge >= 0.3 is 0 Å². The molecule has 0 aliphatic carbocycles. The van der Waals surface area contributed by atoms with Crippen LogP contribution in [0.4, 0.5) is 5.69 Å². The maximum Gasteiger partial charge on any atom is 0.234 e. The van der Waals surface area contributed by atoms with Crippen LogP contribution >= 0.6 is 23.4 Å². The van der Waals surface area contributed by atoms with Gasteiger partial charge in [0.2, 0.25) is 11.1 Å². The quantitative estimate of drug-likeness (QED) is 0.670. The number of nitrogens with zero attached hydrogens (tertiary/aromatic N) is 4. The summed E-state index contributed by atoms with van der Waals surface area (Å²) in [5, 5.41) is 15.8. The standard InChI is InChI=1S/C18H18ClN5OS/c1-11-4-5-13(3)16(8-11)24-18(21-22-23-24)26-10-17(25)20-14-7-6-12(2)15(19)9-14/h4-9H,10H2,1-3H3,(H,20,25). The van der Waals surface area contributed by atoms with E-state index in [4.69, 9.17) is 11.6 Å². The fraction of sp³-hybridized carbons (Fsp3) is 0.222. The van der Waals surface area contributed by atoms with E-state index in [9.17, 15) is 4.79 Å². The van der Waals surface area contributed by atoms with Gasteiger partial charge in [-0.2, -0.15) is 4.68 Å². The maximum absolute atomic E-state index is 12.2. The van der Waals surface area contributed by atoms with Crippen molar-refractivity contribution in [3.8, 4) is 5.69 Å². The van der Waals surface area contributed by atoms with Crippen molar-refractivity contribution in [1.29, 1.82) is 0 Å². The van der Waals surface area contributed by atoms with E-state index in [-0.39, 0.29) is 11.7 Å². The molecule has 0 saturated carbocycles. The van der Waals surface area contributed by atoms with E-state index < -0.39 is 0 Å². The Morgan fingerprint density at radius 3 is 2.69 bits per heavy atom. The lowest BCUT2D eigenvalue weighted by molar-refractivity contribution is -0.113. The zero-order chi connectivity index (χ0) is 18.7. The number of amides is 1. The summed E-state index contributed by atoms with van der Waals surface area (Å²) in [4.78, 5) is 12.2. The number of carbonyl (C=O) groups excluding carboxylic acids is 1. The van der Waals surface area contributed by atoms with E-state index in [1.165, 1.54) is 11.8 Å². The van der Waals surface area contributed by atoms with Gasteiger partial charge in [-0.3, -0.25) is 4.79 Å². The van der Waals surface area contributed by atoms with Gasteiger partial charge in [0.25, 0.3) is 0 Å². The Bertz CT molecular complexity index is 957. The predicted molar refractivity (Wildman–Crippen MR) is 104 cm³/mol. The highest BCUT2D eigenvalue weighted by atomic mass is 35.5. The Morgan fingerprint density at radius 1 is 1.15 bits per heavy atom. The molecule has 3 aromatic rings. The van der Waals surface area contributed by atoms with Crippen LogP contribution in [0.25, 0.3) is 5.69 Å². The Labute approximate surface area is 160 Å². The Kier molecular flexibility index (Phi) is 5.58. The SMILES string of the molecule is Cc1ccc(C)c(-n2nnnc2SCC(=O)Nc2ccc(C)c(Cl)c2)c1. The molecule has 0 spiro atoms. The van der Waals surface area contributed by atoms with E-state index in [1.807, 2.05) is 51.1 Å². The summed E-state index contributed by atoms with van der Waals surface area (Å²) in [6.45, 7) is 5.93. The van der Waals surface area contributed by atoms with Crippen LogP contribution in [0, 0.1) is 20.8 Å². The highest BCUT2D eigenvalue weighted by molar-refractivity contribution is 7.99. The van der Waals surface area contributed by atoms with Gasteiger partial charge in [0.15, 0.2) is 0 Å². The number of aryl methyl sites for hydroxylation is 3. The first-order valence-electron chi connectivity index (χ1n) is 7.99. The minimum Gasteiger partial charge on any atom is -0.325 e. The molecule has 0 radical (unpaired) electrons. The second-order valence-electron chi connectivity index (χ2n) is 5.96. The number of benzene rings is 2. The van der Waals surface area contributed by atoms with Crippen molar-refractivity contribution < 1.29 is 4.79 Å². The molecule has 6 nitrogen and oxygen atoms in total. The number of carbonyl (C=O) groups is 1. The lowest BCUT2D eigenvalue weighted by atomic mass is 10.1. The van der Waals surface area contributed by atoms with Crippen molar-refractivity contribution in [3.05, 3.63) is 58.1 Å². The van der Waals surface area contributed by atoms with Gasteiger partial charge in [0, 0.05) is 10.7 Å². The van der Waals surface area contributed by atoms with Crippen molar-refractivity contribution in [2.24, 2.45) is 0 Å². The van der Waals surface area contributed by atoms with Crippen LogP contribution in [0.5, 0.6) is 0 Å². The van der Waals surface area contributed by atoms with E-state index in [1.54, 1.807) is 10.7 Å². The molecule has 0 aliphatic rings. The molecule has 0 aliphatic heterocycles. The number of nitrogens with one attached hydrogen (secondary N) is 1. The molecule has 0 fully saturated rings. The zero-order valence-electron chi connectivity index (χ0n) is 14.7. The van der Waals surface area contributed by atoms with Gasteiger partial charge in [-0.05, 0) is 66.1 Å². The minimum absolute atomic E-state index is 0.148. The third kappa shape index (κ3) is 4.23. The molecule has 1 amide bonds. The van der Waals surface area contributed by atoms with Crippen LogP contribution in [0.1, 0.15) is 16.7 Å². The highest BCUT2D eigenvalue weighted by Crippen LogP contribution is 2.23. The van der Waals surface area contributed by atoms with E-state index >= 15 is 0 Å². The number of rotatable bonds is 5. The molecule has 1 aromatic heterocycles. The lowest BCUT2D eigenvalue weighted by Crippen LogP contribution is -2.14. The third-order valence-electron chi connectivity index (χ3n) is 3.82. The molecule has 134 valence electrons. The smallest absolute Gasteiger partial charge is 0.234 e. The molecule has 1 heterocycles. The summed E-state index contributed by atoms with van der Waals surface area (Å²) in [6, 6.07) is 11.5. The Balaban J connectivity index is 1.69. The van der Waals surface area contributed by atoms with Crippen LogP contribution in [-0.2, 0) is 4.79 Å². The van der Waals surface area contributed by atoms with Crippen molar-refractivity contribution >= 4 is 35.0 Å². The summed E-state index contributed by atoms with van der Waals surface area (Å²) in [5.41, 5.74) is 4.71. The van der Waals surface area contributed by atoms with Crippen molar-refractivity contribution in [3.63, 3.8) is 0 Å². The van der Waals surface area contributed by atoms with E-state index in [0.717, 1.165) is 22.4 Å². The van der Waals surface area contributed by atoms with Gasteiger partial charge in [0.05, 0.1) is 11.4 Å². The number of hydrogen-bond acceptors (Lipinski definition) is 5. The monoisotopic (exact) mass is 387 g/mol. The maximum atomic E-state index is 12.2. The third-order valence-corrected chi connectivity index (χ3v) is 5.15. The first kappa shape index (κ1) is 18.4. The molecule has 0 saturated heterocycles. The summed E-state index contributed by atoms with van der Waals surface area (Å²) in [6.07, 6.45) is 0. The van der Waals surface area contributed by atoms with Crippen molar-refractivity contribution in [2.45, 2.75) is 25.9 Å². The average Bonchev–Trinajstić information content (AvgIpc) is 3.07. The van der Waals surface area contributed by atoms with Gasteiger partial charge < -0.3 is 5.32 Å². The number of aromatic nitrogens is 4.